The molecule has 3 aromatic rings. The van der Waals surface area contributed by atoms with Crippen molar-refractivity contribution in [2.24, 2.45) is 0 Å². The fourth-order valence-corrected chi connectivity index (χ4v) is 2.37. The Hall–Kier alpha value is -2.11. The molecule has 1 aromatic carbocycles. The zero-order valence-corrected chi connectivity index (χ0v) is 12.7. The first kappa shape index (κ1) is 14.8. The molecule has 0 aliphatic carbocycles. The minimum Gasteiger partial charge on any atom is -0.377 e. The van der Waals surface area contributed by atoms with Gasteiger partial charge in [0.2, 0.25) is 0 Å². The van der Waals surface area contributed by atoms with Crippen LogP contribution in [0.3, 0.4) is 0 Å². The number of halogens is 3. The molecule has 2 heterocycles. The van der Waals surface area contributed by atoms with Gasteiger partial charge < -0.3 is 5.32 Å². The Labute approximate surface area is 135 Å². The van der Waals surface area contributed by atoms with Gasteiger partial charge in [-0.3, -0.25) is 9.20 Å². The van der Waals surface area contributed by atoms with Crippen LogP contribution in [0.2, 0.25) is 10.0 Å². The van der Waals surface area contributed by atoms with Crippen molar-refractivity contribution in [1.29, 1.82) is 0 Å². The van der Waals surface area contributed by atoms with Gasteiger partial charge in [0.25, 0.3) is 5.56 Å². The van der Waals surface area contributed by atoms with E-state index < -0.39 is 5.82 Å². The number of anilines is 1. The van der Waals surface area contributed by atoms with Gasteiger partial charge in [-0.2, -0.15) is 0 Å². The number of pyridine rings is 1. The van der Waals surface area contributed by atoms with Gasteiger partial charge >= 0.3 is 0 Å². The van der Waals surface area contributed by atoms with Crippen LogP contribution in [-0.2, 0) is 6.54 Å². The van der Waals surface area contributed by atoms with Gasteiger partial charge in [0.1, 0.15) is 11.5 Å². The van der Waals surface area contributed by atoms with Crippen molar-refractivity contribution in [2.75, 3.05) is 5.32 Å². The Bertz CT molecular complexity index is 911. The summed E-state index contributed by atoms with van der Waals surface area (Å²) in [6.07, 6.45) is 1.50. The minimum atomic E-state index is -0.423. The molecule has 0 fully saturated rings. The molecule has 0 saturated carbocycles. The van der Waals surface area contributed by atoms with E-state index in [4.69, 9.17) is 23.2 Å². The van der Waals surface area contributed by atoms with Crippen molar-refractivity contribution in [3.05, 3.63) is 74.5 Å². The normalized spacial score (nSPS) is 10.9. The molecule has 0 radical (unpaired) electrons. The topological polar surface area (TPSA) is 46.4 Å². The average molecular weight is 338 g/mol. The van der Waals surface area contributed by atoms with E-state index in [1.807, 2.05) is 0 Å². The van der Waals surface area contributed by atoms with Gasteiger partial charge in [-0.1, -0.05) is 23.2 Å². The van der Waals surface area contributed by atoms with Crippen molar-refractivity contribution in [2.45, 2.75) is 6.54 Å². The molecular weight excluding hydrogens is 328 g/mol. The largest absolute Gasteiger partial charge is 0.377 e. The van der Waals surface area contributed by atoms with Gasteiger partial charge in [0.05, 0.1) is 22.9 Å². The van der Waals surface area contributed by atoms with E-state index in [1.54, 1.807) is 12.1 Å². The maximum absolute atomic E-state index is 13.6. The molecule has 3 rings (SSSR count). The number of aromatic nitrogens is 2. The molecule has 0 bridgehead atoms. The van der Waals surface area contributed by atoms with Crippen LogP contribution in [-0.4, -0.2) is 9.38 Å². The maximum Gasteiger partial charge on any atom is 0.258 e. The zero-order valence-electron chi connectivity index (χ0n) is 11.2. The van der Waals surface area contributed by atoms with Crippen LogP contribution in [0, 0.1) is 5.82 Å². The van der Waals surface area contributed by atoms with Crippen molar-refractivity contribution in [3.8, 4) is 0 Å². The third-order valence-corrected chi connectivity index (χ3v) is 3.52. The van der Waals surface area contributed by atoms with E-state index in [1.165, 1.54) is 34.9 Å². The van der Waals surface area contributed by atoms with Crippen molar-refractivity contribution in [1.82, 2.24) is 9.38 Å². The number of nitrogens with zero attached hydrogens (tertiary/aromatic N) is 2. The second kappa shape index (κ2) is 5.94. The number of hydrogen-bond acceptors (Lipinski definition) is 3. The van der Waals surface area contributed by atoms with Crippen LogP contribution < -0.4 is 10.9 Å². The third kappa shape index (κ3) is 3.05. The highest BCUT2D eigenvalue weighted by molar-refractivity contribution is 6.31. The Balaban J connectivity index is 1.90. The lowest BCUT2D eigenvalue weighted by atomic mass is 10.3. The first-order valence-electron chi connectivity index (χ1n) is 6.40. The first-order valence-corrected chi connectivity index (χ1v) is 7.15. The second-order valence-corrected chi connectivity index (χ2v) is 5.51. The quantitative estimate of drug-likeness (QED) is 0.791. The predicted octanol–water partition coefficient (Wildman–Crippen LogP) is 3.75. The van der Waals surface area contributed by atoms with Crippen molar-refractivity contribution < 1.29 is 4.39 Å². The summed E-state index contributed by atoms with van der Waals surface area (Å²) in [5.41, 5.74) is 0.966. The molecule has 0 aliphatic rings. The third-order valence-electron chi connectivity index (χ3n) is 3.06. The zero-order chi connectivity index (χ0) is 15.7. The molecule has 0 unspecified atom stereocenters. The highest BCUT2D eigenvalue weighted by Gasteiger charge is 2.06. The smallest absolute Gasteiger partial charge is 0.258 e. The summed E-state index contributed by atoms with van der Waals surface area (Å²) in [6, 6.07) is 8.88. The van der Waals surface area contributed by atoms with Crippen LogP contribution in [0.5, 0.6) is 0 Å². The van der Waals surface area contributed by atoms with E-state index >= 15 is 0 Å². The number of nitrogens with one attached hydrogen (secondary N) is 1. The fourth-order valence-electron chi connectivity index (χ4n) is 2.04. The molecule has 0 spiro atoms. The molecule has 0 atom stereocenters. The number of benzene rings is 1. The monoisotopic (exact) mass is 337 g/mol. The average Bonchev–Trinajstić information content (AvgIpc) is 2.49. The lowest BCUT2D eigenvalue weighted by Gasteiger charge is -2.08. The summed E-state index contributed by atoms with van der Waals surface area (Å²) < 4.78 is 15.0. The van der Waals surface area contributed by atoms with Gasteiger partial charge in [-0.15, -0.1) is 0 Å². The van der Waals surface area contributed by atoms with E-state index in [2.05, 4.69) is 10.3 Å². The van der Waals surface area contributed by atoms with Crippen LogP contribution in [0.15, 0.2) is 47.4 Å². The molecule has 22 heavy (non-hydrogen) atoms. The van der Waals surface area contributed by atoms with E-state index in [9.17, 15) is 9.18 Å². The Morgan fingerprint density at radius 1 is 1.14 bits per heavy atom. The molecule has 0 saturated heterocycles. The molecule has 7 heteroatoms. The molecular formula is C15H10Cl2FN3O. The predicted molar refractivity (Wildman–Crippen MR) is 85.2 cm³/mol. The number of hydrogen-bond donors (Lipinski definition) is 1. The summed E-state index contributed by atoms with van der Waals surface area (Å²) in [7, 11) is 0. The molecule has 0 amide bonds. The molecule has 0 aliphatic heterocycles. The number of rotatable bonds is 3. The van der Waals surface area contributed by atoms with Gasteiger partial charge in [-0.25, -0.2) is 9.37 Å². The van der Waals surface area contributed by atoms with Crippen molar-refractivity contribution >= 4 is 34.5 Å². The highest BCUT2D eigenvalue weighted by Crippen LogP contribution is 2.20. The van der Waals surface area contributed by atoms with Crippen molar-refractivity contribution in [3.63, 3.8) is 0 Å². The van der Waals surface area contributed by atoms with E-state index in [0.29, 0.717) is 21.4 Å². The van der Waals surface area contributed by atoms with Gasteiger partial charge in [0.15, 0.2) is 0 Å². The summed E-state index contributed by atoms with van der Waals surface area (Å²) >= 11 is 11.7. The van der Waals surface area contributed by atoms with E-state index in [-0.39, 0.29) is 17.8 Å². The Morgan fingerprint density at radius 3 is 2.73 bits per heavy atom. The summed E-state index contributed by atoms with van der Waals surface area (Å²) in [4.78, 5) is 16.4. The SMILES string of the molecule is O=c1cc(CNc2cc(Cl)ccc2F)nc2ccc(Cl)cn12. The lowest BCUT2D eigenvalue weighted by molar-refractivity contribution is 0.630. The molecule has 2 aromatic heterocycles. The van der Waals surface area contributed by atoms with Crippen LogP contribution in [0.1, 0.15) is 5.69 Å². The van der Waals surface area contributed by atoms with Gasteiger partial charge in [-0.05, 0) is 30.3 Å². The van der Waals surface area contributed by atoms with Crippen LogP contribution in [0.25, 0.3) is 5.65 Å². The standard InChI is InChI=1S/C15H10Cl2FN3O/c16-9-1-3-12(18)13(5-9)19-7-11-6-15(22)21-8-10(17)2-4-14(21)20-11/h1-6,8,19H,7H2. The Morgan fingerprint density at radius 2 is 1.91 bits per heavy atom. The summed E-state index contributed by atoms with van der Waals surface area (Å²) in [5, 5.41) is 3.75. The lowest BCUT2D eigenvalue weighted by Crippen LogP contribution is -2.16. The first-order chi connectivity index (χ1) is 10.5. The van der Waals surface area contributed by atoms with E-state index in [0.717, 1.165) is 0 Å². The maximum atomic E-state index is 13.6. The van der Waals surface area contributed by atoms with Gasteiger partial charge in [0, 0.05) is 17.3 Å². The fraction of sp³-hybridized carbons (Fsp3) is 0.0667. The second-order valence-electron chi connectivity index (χ2n) is 4.64. The minimum absolute atomic E-state index is 0.200. The Kier molecular flexibility index (Phi) is 4.00. The molecule has 112 valence electrons. The summed E-state index contributed by atoms with van der Waals surface area (Å²) in [6.45, 7) is 0.200. The van der Waals surface area contributed by atoms with Crippen LogP contribution >= 0.6 is 23.2 Å². The molecule has 4 nitrogen and oxygen atoms in total. The number of fused-ring (bicyclic) bond motifs is 1. The van der Waals surface area contributed by atoms with Crippen LogP contribution in [0.4, 0.5) is 10.1 Å². The molecule has 1 N–H and O–H groups in total. The highest BCUT2D eigenvalue weighted by atomic mass is 35.5. The summed E-state index contributed by atoms with van der Waals surface area (Å²) in [5.74, 6) is -0.423.